The minimum absolute atomic E-state index is 0.286. The van der Waals surface area contributed by atoms with Crippen LogP contribution in [0.15, 0.2) is 83.0 Å². The average Bonchev–Trinajstić information content (AvgIpc) is 3.27. The summed E-state index contributed by atoms with van der Waals surface area (Å²) in [6.07, 6.45) is 5.09. The van der Waals surface area contributed by atoms with Gasteiger partial charge in [-0.2, -0.15) is 4.52 Å². The van der Waals surface area contributed by atoms with Crippen molar-refractivity contribution < 1.29 is 9.47 Å². The predicted octanol–water partition coefficient (Wildman–Crippen LogP) is 4.29. The summed E-state index contributed by atoms with van der Waals surface area (Å²) in [5.74, 6) is 1.96. The van der Waals surface area contributed by atoms with Crippen molar-refractivity contribution in [1.29, 1.82) is 0 Å². The second-order valence-corrected chi connectivity index (χ2v) is 8.71. The molecule has 0 bridgehead atoms. The summed E-state index contributed by atoms with van der Waals surface area (Å²) in [6.45, 7) is 0.334. The zero-order chi connectivity index (χ0) is 24.6. The molecule has 0 saturated heterocycles. The van der Waals surface area contributed by atoms with Crippen molar-refractivity contribution in [3.63, 3.8) is 0 Å². The normalized spacial score (nSPS) is 11.4. The number of pyridine rings is 1. The number of methoxy groups -OCH3 is 1. The molecule has 10 heteroatoms. The van der Waals surface area contributed by atoms with Gasteiger partial charge in [0.1, 0.15) is 23.5 Å². The molecule has 178 valence electrons. The number of fused-ring (bicyclic) bond motifs is 4. The van der Waals surface area contributed by atoms with Gasteiger partial charge in [0.05, 0.1) is 18.0 Å². The number of aromatic nitrogens is 6. The van der Waals surface area contributed by atoms with Gasteiger partial charge in [-0.3, -0.25) is 4.79 Å². The Morgan fingerprint density at radius 3 is 2.58 bits per heavy atom. The van der Waals surface area contributed by atoms with Gasteiger partial charge in [-0.05, 0) is 48.2 Å². The van der Waals surface area contributed by atoms with Crippen LogP contribution in [0.3, 0.4) is 0 Å². The van der Waals surface area contributed by atoms with E-state index in [9.17, 15) is 4.79 Å². The van der Waals surface area contributed by atoms with E-state index in [0.29, 0.717) is 45.4 Å². The summed E-state index contributed by atoms with van der Waals surface area (Å²) < 4.78 is 14.8. The highest BCUT2D eigenvalue weighted by molar-refractivity contribution is 7.98. The van der Waals surface area contributed by atoms with Gasteiger partial charge in [-0.1, -0.05) is 36.0 Å². The first-order valence-electron chi connectivity index (χ1n) is 11.1. The standard InChI is InChI=1S/C26H20N6O3S/c1-34-17-11-9-16(10-12-17)15-35-20-7-5-6-19-22(20)24-29-23-18(14-28-26(30-23)36-2)25(33)32(24)31(19)21-8-3-4-13-27-21/h3-14H,15H2,1-2H3. The van der Waals surface area contributed by atoms with Crippen LogP contribution in [0.1, 0.15) is 5.56 Å². The lowest BCUT2D eigenvalue weighted by atomic mass is 10.2. The maximum atomic E-state index is 13.7. The predicted molar refractivity (Wildman–Crippen MR) is 138 cm³/mol. The maximum Gasteiger partial charge on any atom is 0.284 e. The second-order valence-electron chi connectivity index (χ2n) is 7.93. The summed E-state index contributed by atoms with van der Waals surface area (Å²) in [5, 5.41) is 1.56. The van der Waals surface area contributed by atoms with Crippen LogP contribution in [0.4, 0.5) is 0 Å². The molecule has 36 heavy (non-hydrogen) atoms. The molecule has 0 unspecified atom stereocenters. The SMILES string of the molecule is COc1ccc(COc2cccc3c2c2nc4nc(SC)ncc4c(=O)n2n3-c2ccccn2)cc1. The summed E-state index contributed by atoms with van der Waals surface area (Å²) in [7, 11) is 1.63. The Morgan fingerprint density at radius 2 is 1.83 bits per heavy atom. The number of benzene rings is 2. The molecule has 4 heterocycles. The molecule has 9 nitrogen and oxygen atoms in total. The molecular formula is C26H20N6O3S. The van der Waals surface area contributed by atoms with Crippen molar-refractivity contribution in [2.45, 2.75) is 11.8 Å². The Hall–Kier alpha value is -4.44. The van der Waals surface area contributed by atoms with E-state index in [-0.39, 0.29) is 5.56 Å². The third-order valence-corrected chi connectivity index (χ3v) is 6.40. The lowest BCUT2D eigenvalue weighted by molar-refractivity contribution is 0.310. The molecule has 0 aliphatic rings. The molecule has 0 aliphatic heterocycles. The molecule has 0 aliphatic carbocycles. The summed E-state index contributed by atoms with van der Waals surface area (Å²) >= 11 is 1.39. The minimum Gasteiger partial charge on any atom is -0.497 e. The first-order chi connectivity index (χ1) is 17.7. The van der Waals surface area contributed by atoms with Gasteiger partial charge >= 0.3 is 0 Å². The lowest BCUT2D eigenvalue weighted by Gasteiger charge is -2.09. The van der Waals surface area contributed by atoms with Crippen LogP contribution in [-0.4, -0.2) is 42.5 Å². The van der Waals surface area contributed by atoms with Crippen LogP contribution in [0.25, 0.3) is 33.4 Å². The summed E-state index contributed by atoms with van der Waals surface area (Å²) in [6, 6.07) is 18.9. The van der Waals surface area contributed by atoms with Crippen LogP contribution in [0.2, 0.25) is 0 Å². The van der Waals surface area contributed by atoms with Crippen molar-refractivity contribution in [2.24, 2.45) is 0 Å². The summed E-state index contributed by atoms with van der Waals surface area (Å²) in [5.41, 5.74) is 2.20. The number of ether oxygens (including phenoxy) is 2. The summed E-state index contributed by atoms with van der Waals surface area (Å²) in [4.78, 5) is 31.8. The van der Waals surface area contributed by atoms with Crippen LogP contribution in [0.5, 0.6) is 11.5 Å². The Morgan fingerprint density at radius 1 is 0.972 bits per heavy atom. The van der Waals surface area contributed by atoms with Crippen LogP contribution in [-0.2, 0) is 6.61 Å². The Balaban J connectivity index is 1.61. The van der Waals surface area contributed by atoms with E-state index < -0.39 is 0 Å². The molecule has 0 atom stereocenters. The van der Waals surface area contributed by atoms with Crippen molar-refractivity contribution in [1.82, 2.24) is 29.1 Å². The lowest BCUT2D eigenvalue weighted by Crippen LogP contribution is -2.22. The highest BCUT2D eigenvalue weighted by Crippen LogP contribution is 2.32. The van der Waals surface area contributed by atoms with E-state index in [1.54, 1.807) is 18.0 Å². The first kappa shape index (κ1) is 22.1. The van der Waals surface area contributed by atoms with Crippen molar-refractivity contribution >= 4 is 39.3 Å². The van der Waals surface area contributed by atoms with E-state index in [1.807, 2.05) is 66.9 Å². The number of rotatable bonds is 6. The molecule has 0 fully saturated rings. The van der Waals surface area contributed by atoms with Gasteiger partial charge in [-0.25, -0.2) is 24.6 Å². The molecule has 0 N–H and O–H groups in total. The molecule has 6 rings (SSSR count). The monoisotopic (exact) mass is 496 g/mol. The maximum absolute atomic E-state index is 13.7. The Kier molecular flexibility index (Phi) is 5.49. The molecule has 0 saturated carbocycles. The number of nitrogens with zero attached hydrogens (tertiary/aromatic N) is 6. The topological polar surface area (TPSA) is 96.4 Å². The van der Waals surface area contributed by atoms with E-state index in [4.69, 9.17) is 14.5 Å². The molecule has 6 aromatic rings. The zero-order valence-corrected chi connectivity index (χ0v) is 20.3. The van der Waals surface area contributed by atoms with Gasteiger partial charge in [0.2, 0.25) is 0 Å². The highest BCUT2D eigenvalue weighted by atomic mass is 32.2. The van der Waals surface area contributed by atoms with E-state index >= 15 is 0 Å². The second kappa shape index (κ2) is 8.97. The molecule has 0 radical (unpaired) electrons. The van der Waals surface area contributed by atoms with Gasteiger partial charge in [0.15, 0.2) is 22.3 Å². The van der Waals surface area contributed by atoms with Gasteiger partial charge in [0.25, 0.3) is 5.56 Å². The Labute approximate surface area is 209 Å². The number of hydrogen-bond donors (Lipinski definition) is 0. The number of hydrogen-bond acceptors (Lipinski definition) is 8. The fourth-order valence-corrected chi connectivity index (χ4v) is 4.47. The zero-order valence-electron chi connectivity index (χ0n) is 19.5. The van der Waals surface area contributed by atoms with Crippen LogP contribution >= 0.6 is 11.8 Å². The highest BCUT2D eigenvalue weighted by Gasteiger charge is 2.21. The minimum atomic E-state index is -0.286. The van der Waals surface area contributed by atoms with Gasteiger partial charge < -0.3 is 9.47 Å². The molecule has 4 aromatic heterocycles. The largest absolute Gasteiger partial charge is 0.497 e. The Bertz CT molecular complexity index is 1780. The van der Waals surface area contributed by atoms with Gasteiger partial charge in [-0.15, -0.1) is 0 Å². The van der Waals surface area contributed by atoms with E-state index in [1.165, 1.54) is 22.5 Å². The fourth-order valence-electron chi connectivity index (χ4n) is 4.13. The smallest absolute Gasteiger partial charge is 0.284 e. The third kappa shape index (κ3) is 3.62. The molecule has 0 amide bonds. The average molecular weight is 497 g/mol. The van der Waals surface area contributed by atoms with Crippen molar-refractivity contribution in [3.8, 4) is 17.3 Å². The molecule has 0 spiro atoms. The molecular weight excluding hydrogens is 476 g/mol. The van der Waals surface area contributed by atoms with Crippen molar-refractivity contribution in [2.75, 3.05) is 13.4 Å². The van der Waals surface area contributed by atoms with Crippen LogP contribution < -0.4 is 15.0 Å². The first-order valence-corrected chi connectivity index (χ1v) is 12.3. The molecule has 2 aromatic carbocycles. The van der Waals surface area contributed by atoms with E-state index in [0.717, 1.165) is 16.8 Å². The number of thioether (sulfide) groups is 1. The van der Waals surface area contributed by atoms with E-state index in [2.05, 4.69) is 15.0 Å². The van der Waals surface area contributed by atoms with Gasteiger partial charge in [0, 0.05) is 12.4 Å². The fraction of sp³-hybridized carbons (Fsp3) is 0.115. The third-order valence-electron chi connectivity index (χ3n) is 5.84. The quantitative estimate of drug-likeness (QED) is 0.249. The van der Waals surface area contributed by atoms with Crippen LogP contribution in [0, 0.1) is 0 Å². The van der Waals surface area contributed by atoms with Crippen molar-refractivity contribution in [3.05, 3.63) is 89.0 Å².